The van der Waals surface area contributed by atoms with Gasteiger partial charge in [0.05, 0.1) is 4.90 Å². The Hall–Kier alpha value is -2.21. The van der Waals surface area contributed by atoms with Crippen LogP contribution in [0.4, 0.5) is 0 Å². The molecule has 0 N–H and O–H groups in total. The van der Waals surface area contributed by atoms with Gasteiger partial charge in [0.15, 0.2) is 0 Å². The van der Waals surface area contributed by atoms with Gasteiger partial charge in [0, 0.05) is 33.6 Å². The lowest BCUT2D eigenvalue weighted by molar-refractivity contribution is -0.145. The monoisotopic (exact) mass is 484 g/mol. The molecule has 32 heavy (non-hydrogen) atoms. The van der Waals surface area contributed by atoms with Crippen LogP contribution in [0.3, 0.4) is 0 Å². The molecule has 3 rings (SSSR count). The molecule has 1 fully saturated rings. The number of carbonyl (C=O) groups excluding carboxylic acids is 1. The van der Waals surface area contributed by atoms with Crippen molar-refractivity contribution in [1.82, 2.24) is 8.61 Å². The molecule has 2 heterocycles. The van der Waals surface area contributed by atoms with Gasteiger partial charge in [-0.3, -0.25) is 4.79 Å². The minimum Gasteiger partial charge on any atom is -0.457 e. The van der Waals surface area contributed by atoms with E-state index in [2.05, 4.69) is 0 Å². The van der Waals surface area contributed by atoms with Crippen molar-refractivity contribution in [3.8, 4) is 0 Å². The molecule has 0 spiro atoms. The van der Waals surface area contributed by atoms with Gasteiger partial charge in [-0.25, -0.2) is 21.1 Å². The Morgan fingerprint density at radius 3 is 2.28 bits per heavy atom. The molecule has 1 aliphatic rings. The highest BCUT2D eigenvalue weighted by atomic mass is 32.2. The summed E-state index contributed by atoms with van der Waals surface area (Å²) in [5.41, 5.74) is 0.817. The standard InChI is InChI=1S/C21H28N2O7S2/c1-22(2)32(27,28)21-13-9-18(30-21)16-29-20(24)12-8-17-6-10-19(11-7-17)31(25,26)23-14-4-3-5-15-23/h6-7,9-11,13H,3-5,8,12,14-16H2,1-2H3. The van der Waals surface area contributed by atoms with E-state index in [0.717, 1.165) is 29.1 Å². The number of ether oxygens (including phenoxy) is 1. The Morgan fingerprint density at radius 2 is 1.66 bits per heavy atom. The van der Waals surface area contributed by atoms with Crippen LogP contribution in [0.15, 0.2) is 50.8 Å². The van der Waals surface area contributed by atoms with E-state index in [4.69, 9.17) is 9.15 Å². The lowest BCUT2D eigenvalue weighted by Crippen LogP contribution is -2.35. The minimum absolute atomic E-state index is 0.0990. The first-order chi connectivity index (χ1) is 15.1. The summed E-state index contributed by atoms with van der Waals surface area (Å²) in [6.45, 7) is 0.928. The Kier molecular flexibility index (Phi) is 7.75. The number of rotatable bonds is 9. The summed E-state index contributed by atoms with van der Waals surface area (Å²) in [6, 6.07) is 9.31. The molecule has 1 aliphatic heterocycles. The van der Waals surface area contributed by atoms with Gasteiger partial charge < -0.3 is 9.15 Å². The second kappa shape index (κ2) is 10.2. The zero-order valence-corrected chi connectivity index (χ0v) is 19.8. The van der Waals surface area contributed by atoms with Crippen molar-refractivity contribution >= 4 is 26.0 Å². The highest BCUT2D eigenvalue weighted by molar-refractivity contribution is 7.89. The number of sulfonamides is 2. The van der Waals surface area contributed by atoms with E-state index >= 15 is 0 Å². The SMILES string of the molecule is CN(C)S(=O)(=O)c1ccc(COC(=O)CCc2ccc(S(=O)(=O)N3CCCCC3)cc2)o1. The Balaban J connectivity index is 1.50. The first-order valence-electron chi connectivity index (χ1n) is 10.4. The third kappa shape index (κ3) is 5.77. The molecule has 1 aromatic carbocycles. The van der Waals surface area contributed by atoms with E-state index in [1.165, 1.54) is 30.5 Å². The van der Waals surface area contributed by atoms with Crippen LogP contribution in [0.1, 0.15) is 37.0 Å². The van der Waals surface area contributed by atoms with Gasteiger partial charge in [-0.1, -0.05) is 18.6 Å². The van der Waals surface area contributed by atoms with Crippen molar-refractivity contribution in [1.29, 1.82) is 0 Å². The quantitative estimate of drug-likeness (QED) is 0.502. The molecule has 0 unspecified atom stereocenters. The molecule has 0 amide bonds. The molecule has 0 saturated carbocycles. The molecule has 1 aromatic heterocycles. The van der Waals surface area contributed by atoms with E-state index in [9.17, 15) is 21.6 Å². The average Bonchev–Trinajstić information content (AvgIpc) is 3.27. The molecular weight excluding hydrogens is 456 g/mol. The van der Waals surface area contributed by atoms with Crippen molar-refractivity contribution in [2.75, 3.05) is 27.2 Å². The predicted octanol–water partition coefficient (Wildman–Crippen LogP) is 2.38. The Labute approximate surface area is 189 Å². The summed E-state index contributed by atoms with van der Waals surface area (Å²) >= 11 is 0. The zero-order valence-electron chi connectivity index (χ0n) is 18.2. The number of furan rings is 1. The smallest absolute Gasteiger partial charge is 0.306 e. The van der Waals surface area contributed by atoms with E-state index < -0.39 is 26.0 Å². The van der Waals surface area contributed by atoms with Crippen molar-refractivity contribution in [2.24, 2.45) is 0 Å². The number of piperidine rings is 1. The van der Waals surface area contributed by atoms with Gasteiger partial charge in [0.25, 0.3) is 10.0 Å². The minimum atomic E-state index is -3.68. The molecule has 176 valence electrons. The van der Waals surface area contributed by atoms with Crippen LogP contribution >= 0.6 is 0 Å². The molecule has 2 aromatic rings. The van der Waals surface area contributed by atoms with E-state index in [0.29, 0.717) is 19.5 Å². The first kappa shape index (κ1) is 24.4. The topological polar surface area (TPSA) is 114 Å². The zero-order chi connectivity index (χ0) is 23.4. The Bertz CT molecular complexity index is 1130. The Morgan fingerprint density at radius 1 is 1.00 bits per heavy atom. The van der Waals surface area contributed by atoms with Crippen molar-refractivity contribution in [3.05, 3.63) is 47.7 Å². The van der Waals surface area contributed by atoms with E-state index in [1.807, 2.05) is 0 Å². The lowest BCUT2D eigenvalue weighted by atomic mass is 10.1. The largest absolute Gasteiger partial charge is 0.457 e. The van der Waals surface area contributed by atoms with Crippen molar-refractivity contribution in [2.45, 2.75) is 48.7 Å². The molecule has 0 bridgehead atoms. The number of hydrogen-bond donors (Lipinski definition) is 0. The third-order valence-corrected chi connectivity index (χ3v) is 8.84. The summed E-state index contributed by atoms with van der Waals surface area (Å²) in [7, 11) is -4.37. The molecular formula is C21H28N2O7S2. The number of benzene rings is 1. The summed E-state index contributed by atoms with van der Waals surface area (Å²) < 4.78 is 62.3. The van der Waals surface area contributed by atoms with Gasteiger partial charge in [-0.15, -0.1) is 0 Å². The van der Waals surface area contributed by atoms with Crippen LogP contribution < -0.4 is 0 Å². The summed E-state index contributed by atoms with van der Waals surface area (Å²) in [5.74, 6) is -0.241. The molecule has 0 atom stereocenters. The number of hydrogen-bond acceptors (Lipinski definition) is 7. The predicted molar refractivity (Wildman–Crippen MR) is 117 cm³/mol. The highest BCUT2D eigenvalue weighted by Gasteiger charge is 2.25. The van der Waals surface area contributed by atoms with Gasteiger partial charge in [-0.2, -0.15) is 4.31 Å². The van der Waals surface area contributed by atoms with Crippen LogP contribution in [0, 0.1) is 0 Å². The maximum absolute atomic E-state index is 12.7. The maximum atomic E-state index is 12.7. The van der Waals surface area contributed by atoms with Crippen LogP contribution in [-0.2, 0) is 42.6 Å². The fraction of sp³-hybridized carbons (Fsp3) is 0.476. The highest BCUT2D eigenvalue weighted by Crippen LogP contribution is 2.21. The summed E-state index contributed by atoms with van der Waals surface area (Å²) in [5, 5.41) is -0.215. The van der Waals surface area contributed by atoms with Crippen LogP contribution in [-0.4, -0.2) is 58.6 Å². The number of aryl methyl sites for hydroxylation is 1. The lowest BCUT2D eigenvalue weighted by Gasteiger charge is -2.25. The van der Waals surface area contributed by atoms with Crippen molar-refractivity contribution in [3.63, 3.8) is 0 Å². The molecule has 11 heteroatoms. The second-order valence-electron chi connectivity index (χ2n) is 7.78. The first-order valence-corrected chi connectivity index (χ1v) is 13.2. The van der Waals surface area contributed by atoms with Gasteiger partial charge in [0.1, 0.15) is 12.4 Å². The average molecular weight is 485 g/mol. The van der Waals surface area contributed by atoms with Crippen LogP contribution in [0.5, 0.6) is 0 Å². The van der Waals surface area contributed by atoms with Gasteiger partial charge in [0.2, 0.25) is 15.1 Å². The number of esters is 1. The van der Waals surface area contributed by atoms with Crippen LogP contribution in [0.2, 0.25) is 0 Å². The molecule has 1 saturated heterocycles. The van der Waals surface area contributed by atoms with Crippen LogP contribution in [0.25, 0.3) is 0 Å². The molecule has 0 aliphatic carbocycles. The van der Waals surface area contributed by atoms with Crippen molar-refractivity contribution < 1.29 is 30.8 Å². The fourth-order valence-corrected chi connectivity index (χ4v) is 5.64. The van der Waals surface area contributed by atoms with Gasteiger partial charge in [-0.05, 0) is 49.1 Å². The third-order valence-electron chi connectivity index (χ3n) is 5.24. The summed E-state index contributed by atoms with van der Waals surface area (Å²) in [4.78, 5) is 12.3. The van der Waals surface area contributed by atoms with E-state index in [1.54, 1.807) is 24.3 Å². The fourth-order valence-electron chi connectivity index (χ4n) is 3.31. The van der Waals surface area contributed by atoms with Gasteiger partial charge >= 0.3 is 5.97 Å². The maximum Gasteiger partial charge on any atom is 0.306 e. The summed E-state index contributed by atoms with van der Waals surface area (Å²) in [6.07, 6.45) is 3.30. The normalized spacial score (nSPS) is 15.7. The number of nitrogens with zero attached hydrogens (tertiary/aromatic N) is 2. The molecule has 0 radical (unpaired) electrons. The number of carbonyl (C=O) groups is 1. The second-order valence-corrected chi connectivity index (χ2v) is 11.8. The molecule has 9 nitrogen and oxygen atoms in total. The van der Waals surface area contributed by atoms with E-state index in [-0.39, 0.29) is 28.8 Å².